The molecule has 21 heavy (non-hydrogen) atoms. The molecule has 0 fully saturated rings. The van der Waals surface area contributed by atoms with Crippen molar-refractivity contribution in [3.63, 3.8) is 0 Å². The molecule has 3 rings (SSSR count). The fourth-order valence-corrected chi connectivity index (χ4v) is 3.27. The van der Waals surface area contributed by atoms with Crippen molar-refractivity contribution in [1.82, 2.24) is 10.2 Å². The number of nitrogen functional groups attached to an aromatic ring is 1. The van der Waals surface area contributed by atoms with Crippen LogP contribution in [-0.2, 0) is 0 Å². The zero-order valence-corrected chi connectivity index (χ0v) is 14.5. The van der Waals surface area contributed by atoms with Gasteiger partial charge in [-0.1, -0.05) is 50.1 Å². The summed E-state index contributed by atoms with van der Waals surface area (Å²) in [7, 11) is 0. The molecule has 0 atom stereocenters. The Morgan fingerprint density at radius 1 is 1.05 bits per heavy atom. The smallest absolute Gasteiger partial charge is 0.153 e. The summed E-state index contributed by atoms with van der Waals surface area (Å²) >= 11 is 6.99. The molecule has 0 spiro atoms. The number of halogens is 2. The first-order chi connectivity index (χ1) is 10.1. The molecule has 3 N–H and O–H groups in total. The first-order valence-corrected chi connectivity index (χ1v) is 8.01. The highest BCUT2D eigenvalue weighted by molar-refractivity contribution is 9.10. The third-order valence-corrected chi connectivity index (χ3v) is 4.35. The monoisotopic (exact) mass is 405 g/mol. The maximum Gasteiger partial charge on any atom is 0.153 e. The van der Waals surface area contributed by atoms with Crippen LogP contribution in [0.4, 0.5) is 5.82 Å². The molecule has 3 aromatic rings. The lowest BCUT2D eigenvalue weighted by molar-refractivity contribution is 1.10. The lowest BCUT2D eigenvalue weighted by atomic mass is 9.98. The van der Waals surface area contributed by atoms with E-state index in [0.29, 0.717) is 5.82 Å². The molecular formula is C16H13Br2N3. The van der Waals surface area contributed by atoms with Gasteiger partial charge in [-0.05, 0) is 42.3 Å². The molecule has 106 valence electrons. The fraction of sp³-hybridized carbons (Fsp3) is 0.0625. The van der Waals surface area contributed by atoms with Crippen LogP contribution in [0.1, 0.15) is 5.56 Å². The van der Waals surface area contributed by atoms with Crippen LogP contribution in [0.25, 0.3) is 22.4 Å². The van der Waals surface area contributed by atoms with Gasteiger partial charge < -0.3 is 5.73 Å². The molecule has 0 radical (unpaired) electrons. The van der Waals surface area contributed by atoms with Crippen molar-refractivity contribution in [2.75, 3.05) is 5.73 Å². The molecule has 0 saturated heterocycles. The number of hydrogen-bond acceptors (Lipinski definition) is 2. The molecule has 5 heteroatoms. The number of aryl methyl sites for hydroxylation is 1. The second-order valence-corrected chi connectivity index (χ2v) is 6.66. The highest BCUT2D eigenvalue weighted by Crippen LogP contribution is 2.37. The molecule has 0 aliphatic heterocycles. The van der Waals surface area contributed by atoms with Crippen LogP contribution in [-0.4, -0.2) is 10.2 Å². The first kappa shape index (κ1) is 14.4. The van der Waals surface area contributed by atoms with E-state index in [2.05, 4.69) is 61.1 Å². The minimum Gasteiger partial charge on any atom is -0.382 e. The predicted molar refractivity (Wildman–Crippen MR) is 94.0 cm³/mol. The summed E-state index contributed by atoms with van der Waals surface area (Å²) in [5.41, 5.74) is 11.2. The van der Waals surface area contributed by atoms with Gasteiger partial charge in [0.15, 0.2) is 5.82 Å². The number of nitrogens with zero attached hydrogens (tertiary/aromatic N) is 1. The zero-order valence-electron chi connectivity index (χ0n) is 11.3. The Morgan fingerprint density at radius 2 is 1.81 bits per heavy atom. The van der Waals surface area contributed by atoms with Gasteiger partial charge in [-0.2, -0.15) is 5.10 Å². The number of benzene rings is 2. The van der Waals surface area contributed by atoms with Crippen molar-refractivity contribution in [2.45, 2.75) is 6.92 Å². The van der Waals surface area contributed by atoms with E-state index < -0.39 is 0 Å². The van der Waals surface area contributed by atoms with Gasteiger partial charge in [0.1, 0.15) is 0 Å². The molecule has 2 aromatic carbocycles. The number of H-pyrrole nitrogens is 1. The van der Waals surface area contributed by atoms with Crippen molar-refractivity contribution in [3.05, 3.63) is 57.0 Å². The summed E-state index contributed by atoms with van der Waals surface area (Å²) in [5.74, 6) is 0.505. The van der Waals surface area contributed by atoms with E-state index in [1.54, 1.807) is 0 Å². The Balaban J connectivity index is 2.22. The average molecular weight is 407 g/mol. The molecule has 0 aliphatic rings. The van der Waals surface area contributed by atoms with Gasteiger partial charge in [-0.15, -0.1) is 0 Å². The molecule has 1 heterocycles. The van der Waals surface area contributed by atoms with Crippen LogP contribution < -0.4 is 5.73 Å². The third-order valence-electron chi connectivity index (χ3n) is 3.37. The zero-order chi connectivity index (χ0) is 15.0. The molecule has 3 nitrogen and oxygen atoms in total. The van der Waals surface area contributed by atoms with Gasteiger partial charge in [-0.25, -0.2) is 0 Å². The first-order valence-electron chi connectivity index (χ1n) is 6.42. The maximum atomic E-state index is 6.07. The Hall–Kier alpha value is -1.59. The number of aromatic nitrogens is 2. The lowest BCUT2D eigenvalue weighted by Gasteiger charge is -2.08. The third kappa shape index (κ3) is 2.76. The van der Waals surface area contributed by atoms with Crippen molar-refractivity contribution in [2.24, 2.45) is 0 Å². The lowest BCUT2D eigenvalue weighted by Crippen LogP contribution is -1.90. The van der Waals surface area contributed by atoms with Crippen LogP contribution in [0.3, 0.4) is 0 Å². The highest BCUT2D eigenvalue weighted by atomic mass is 79.9. The minimum absolute atomic E-state index is 0.505. The van der Waals surface area contributed by atoms with E-state index in [4.69, 9.17) is 5.73 Å². The Morgan fingerprint density at radius 3 is 2.52 bits per heavy atom. The molecule has 0 bridgehead atoms. The fourth-order valence-electron chi connectivity index (χ4n) is 2.39. The number of rotatable bonds is 2. The second kappa shape index (κ2) is 5.66. The standard InChI is InChI=1S/C16H13Br2N3/c1-9-7-12(18)5-6-13(9)15-14(16(19)21-20-15)10-3-2-4-11(17)8-10/h2-8H,1H3,(H3,19,20,21). The number of anilines is 1. The Labute approximate surface area is 139 Å². The SMILES string of the molecule is Cc1cc(Br)ccc1-c1[nH]nc(N)c1-c1cccc(Br)c1. The molecule has 0 aliphatic carbocycles. The average Bonchev–Trinajstić information content (AvgIpc) is 2.80. The van der Waals surface area contributed by atoms with E-state index in [0.717, 1.165) is 36.9 Å². The summed E-state index contributed by atoms with van der Waals surface area (Å²) < 4.78 is 2.07. The van der Waals surface area contributed by atoms with E-state index in [-0.39, 0.29) is 0 Å². The maximum absolute atomic E-state index is 6.07. The second-order valence-electron chi connectivity index (χ2n) is 4.83. The molecule has 0 amide bonds. The topological polar surface area (TPSA) is 54.7 Å². The van der Waals surface area contributed by atoms with Crippen molar-refractivity contribution < 1.29 is 0 Å². The largest absolute Gasteiger partial charge is 0.382 e. The summed E-state index contributed by atoms with van der Waals surface area (Å²) in [6.45, 7) is 2.07. The Bertz CT molecular complexity index is 809. The van der Waals surface area contributed by atoms with Gasteiger partial charge in [0.25, 0.3) is 0 Å². The molecule has 0 saturated carbocycles. The number of hydrogen-bond donors (Lipinski definition) is 2. The number of nitrogens with one attached hydrogen (secondary N) is 1. The highest BCUT2D eigenvalue weighted by Gasteiger charge is 2.16. The van der Waals surface area contributed by atoms with Crippen molar-refractivity contribution in [1.29, 1.82) is 0 Å². The number of nitrogens with two attached hydrogens (primary N) is 1. The van der Waals surface area contributed by atoms with E-state index >= 15 is 0 Å². The van der Waals surface area contributed by atoms with E-state index in [1.165, 1.54) is 0 Å². The van der Waals surface area contributed by atoms with E-state index in [1.807, 2.05) is 30.3 Å². The molecule has 1 aromatic heterocycles. The van der Waals surface area contributed by atoms with Crippen LogP contribution >= 0.6 is 31.9 Å². The van der Waals surface area contributed by atoms with Gasteiger partial charge in [0.05, 0.1) is 11.3 Å². The summed E-state index contributed by atoms with van der Waals surface area (Å²) in [4.78, 5) is 0. The van der Waals surface area contributed by atoms with Gasteiger partial charge in [-0.3, -0.25) is 5.10 Å². The van der Waals surface area contributed by atoms with Crippen LogP contribution in [0.2, 0.25) is 0 Å². The van der Waals surface area contributed by atoms with Gasteiger partial charge in [0.2, 0.25) is 0 Å². The summed E-state index contributed by atoms with van der Waals surface area (Å²) in [6.07, 6.45) is 0. The van der Waals surface area contributed by atoms with Crippen LogP contribution in [0.5, 0.6) is 0 Å². The predicted octanol–water partition coefficient (Wildman–Crippen LogP) is 5.16. The quantitative estimate of drug-likeness (QED) is 0.617. The Kier molecular flexibility index (Phi) is 3.87. The van der Waals surface area contributed by atoms with Crippen molar-refractivity contribution in [3.8, 4) is 22.4 Å². The van der Waals surface area contributed by atoms with Gasteiger partial charge in [0, 0.05) is 14.5 Å². The van der Waals surface area contributed by atoms with Gasteiger partial charge >= 0.3 is 0 Å². The minimum atomic E-state index is 0.505. The summed E-state index contributed by atoms with van der Waals surface area (Å²) in [6, 6.07) is 14.2. The van der Waals surface area contributed by atoms with Crippen LogP contribution in [0, 0.1) is 6.92 Å². The number of aromatic amines is 1. The molecule has 0 unspecified atom stereocenters. The summed E-state index contributed by atoms with van der Waals surface area (Å²) in [5, 5.41) is 7.25. The molecular weight excluding hydrogens is 394 g/mol. The normalized spacial score (nSPS) is 10.8. The van der Waals surface area contributed by atoms with E-state index in [9.17, 15) is 0 Å². The van der Waals surface area contributed by atoms with Crippen LogP contribution in [0.15, 0.2) is 51.4 Å². The van der Waals surface area contributed by atoms with Crippen molar-refractivity contribution >= 4 is 37.7 Å².